The lowest BCUT2D eigenvalue weighted by atomic mass is 10.2. The van der Waals surface area contributed by atoms with Crippen LogP contribution in [0.15, 0.2) is 48.7 Å². The zero-order valence-electron chi connectivity index (χ0n) is 11.4. The molecule has 0 aliphatic heterocycles. The molecule has 1 heterocycles. The van der Waals surface area contributed by atoms with Crippen molar-refractivity contribution in [3.63, 3.8) is 0 Å². The molecule has 1 aromatic carbocycles. The molecular weight excluding hydrogens is 286 g/mol. The fraction of sp³-hybridized carbons (Fsp3) is 0.200. The molecule has 0 saturated carbocycles. The number of nitrogens with one attached hydrogen (secondary N) is 1. The predicted molar refractivity (Wildman–Crippen MR) is 81.4 cm³/mol. The summed E-state index contributed by atoms with van der Waals surface area (Å²) in [5, 5.41) is 11.6. The zero-order chi connectivity index (χ0) is 15.1. The zero-order valence-corrected chi connectivity index (χ0v) is 12.2. The average Bonchev–Trinajstić information content (AvgIpc) is 2.48. The number of rotatable bonds is 6. The molecule has 108 valence electrons. The van der Waals surface area contributed by atoms with E-state index in [0.29, 0.717) is 11.4 Å². The van der Waals surface area contributed by atoms with Gasteiger partial charge in [-0.1, -0.05) is 30.3 Å². The number of nitrogens with zero attached hydrogens (tertiary/aromatic N) is 2. The molecule has 0 aliphatic rings. The van der Waals surface area contributed by atoms with Crippen molar-refractivity contribution in [3.05, 3.63) is 59.8 Å². The van der Waals surface area contributed by atoms with E-state index < -0.39 is 9.84 Å². The van der Waals surface area contributed by atoms with Crippen molar-refractivity contribution in [1.29, 1.82) is 5.26 Å². The quantitative estimate of drug-likeness (QED) is 0.882. The van der Waals surface area contributed by atoms with Gasteiger partial charge in [-0.25, -0.2) is 13.4 Å². The molecule has 21 heavy (non-hydrogen) atoms. The summed E-state index contributed by atoms with van der Waals surface area (Å²) < 4.78 is 24.0. The van der Waals surface area contributed by atoms with E-state index in [1.54, 1.807) is 24.3 Å². The Morgan fingerprint density at radius 1 is 1.14 bits per heavy atom. The molecule has 0 bridgehead atoms. The van der Waals surface area contributed by atoms with Crippen molar-refractivity contribution >= 4 is 15.7 Å². The monoisotopic (exact) mass is 301 g/mol. The number of benzene rings is 1. The third kappa shape index (κ3) is 4.89. The number of hydrogen-bond acceptors (Lipinski definition) is 5. The van der Waals surface area contributed by atoms with Gasteiger partial charge in [0.15, 0.2) is 9.84 Å². The van der Waals surface area contributed by atoms with Crippen LogP contribution in [0.25, 0.3) is 0 Å². The van der Waals surface area contributed by atoms with Gasteiger partial charge in [0.1, 0.15) is 11.9 Å². The Morgan fingerprint density at radius 3 is 2.52 bits per heavy atom. The standard InChI is InChI=1S/C15H15N3O2S/c16-10-14-6-7-15(18-11-14)17-8-9-21(19,20)12-13-4-2-1-3-5-13/h1-7,11H,8-9,12H2,(H,17,18). The Morgan fingerprint density at radius 2 is 1.90 bits per heavy atom. The summed E-state index contributed by atoms with van der Waals surface area (Å²) in [5.74, 6) is 0.629. The van der Waals surface area contributed by atoms with Gasteiger partial charge < -0.3 is 5.32 Å². The van der Waals surface area contributed by atoms with Gasteiger partial charge in [0.05, 0.1) is 17.1 Å². The fourth-order valence-corrected chi connectivity index (χ4v) is 3.06. The molecule has 0 amide bonds. The first-order chi connectivity index (χ1) is 10.1. The lowest BCUT2D eigenvalue weighted by Crippen LogP contribution is -2.17. The van der Waals surface area contributed by atoms with Gasteiger partial charge in [-0.2, -0.15) is 5.26 Å². The minimum Gasteiger partial charge on any atom is -0.369 e. The van der Waals surface area contributed by atoms with Gasteiger partial charge in [0.25, 0.3) is 0 Å². The van der Waals surface area contributed by atoms with Gasteiger partial charge in [-0.15, -0.1) is 0 Å². The first-order valence-electron chi connectivity index (χ1n) is 6.43. The maximum atomic E-state index is 12.0. The second-order valence-electron chi connectivity index (χ2n) is 4.55. The summed E-state index contributed by atoms with van der Waals surface area (Å²) in [5.41, 5.74) is 1.26. The number of aromatic nitrogens is 1. The molecule has 0 atom stereocenters. The van der Waals surface area contributed by atoms with Crippen molar-refractivity contribution in [2.24, 2.45) is 0 Å². The van der Waals surface area contributed by atoms with E-state index >= 15 is 0 Å². The molecule has 6 heteroatoms. The highest BCUT2D eigenvalue weighted by Gasteiger charge is 2.11. The van der Waals surface area contributed by atoms with Crippen molar-refractivity contribution in [2.75, 3.05) is 17.6 Å². The van der Waals surface area contributed by atoms with E-state index in [1.165, 1.54) is 6.20 Å². The van der Waals surface area contributed by atoms with Gasteiger partial charge in [-0.05, 0) is 17.7 Å². The third-order valence-electron chi connectivity index (χ3n) is 2.84. The van der Waals surface area contributed by atoms with Crippen LogP contribution >= 0.6 is 0 Å². The highest BCUT2D eigenvalue weighted by molar-refractivity contribution is 7.90. The largest absolute Gasteiger partial charge is 0.369 e. The Hall–Kier alpha value is -2.39. The lowest BCUT2D eigenvalue weighted by Gasteiger charge is -2.07. The summed E-state index contributed by atoms with van der Waals surface area (Å²) in [4.78, 5) is 4.02. The molecule has 2 rings (SSSR count). The first kappa shape index (κ1) is 15.0. The number of pyridine rings is 1. The van der Waals surface area contributed by atoms with Crippen LogP contribution in [0.3, 0.4) is 0 Å². The Kier molecular flexibility index (Phi) is 4.90. The van der Waals surface area contributed by atoms with Crippen LogP contribution < -0.4 is 5.32 Å². The van der Waals surface area contributed by atoms with Crippen LogP contribution in [-0.2, 0) is 15.6 Å². The summed E-state index contributed by atoms with van der Waals surface area (Å²) in [6, 6.07) is 14.4. The van der Waals surface area contributed by atoms with E-state index in [4.69, 9.17) is 5.26 Å². The van der Waals surface area contributed by atoms with Crippen LogP contribution in [0.1, 0.15) is 11.1 Å². The molecule has 2 aromatic rings. The molecule has 5 nitrogen and oxygen atoms in total. The SMILES string of the molecule is N#Cc1ccc(NCCS(=O)(=O)Cc2ccccc2)nc1. The molecule has 0 aliphatic carbocycles. The number of nitriles is 1. The van der Waals surface area contributed by atoms with Gasteiger partial charge in [-0.3, -0.25) is 0 Å². The molecule has 0 saturated heterocycles. The van der Waals surface area contributed by atoms with Crippen molar-refractivity contribution in [3.8, 4) is 6.07 Å². The second kappa shape index (κ2) is 6.86. The fourth-order valence-electron chi connectivity index (χ4n) is 1.80. The van der Waals surface area contributed by atoms with E-state index in [-0.39, 0.29) is 18.1 Å². The first-order valence-corrected chi connectivity index (χ1v) is 8.25. The van der Waals surface area contributed by atoms with Crippen LogP contribution in [0.2, 0.25) is 0 Å². The normalized spacial score (nSPS) is 10.8. The molecule has 0 unspecified atom stereocenters. The van der Waals surface area contributed by atoms with Crippen molar-refractivity contribution < 1.29 is 8.42 Å². The second-order valence-corrected chi connectivity index (χ2v) is 6.73. The summed E-state index contributed by atoms with van der Waals surface area (Å²) in [7, 11) is -3.16. The van der Waals surface area contributed by atoms with E-state index in [2.05, 4.69) is 10.3 Å². The van der Waals surface area contributed by atoms with Crippen molar-refractivity contribution in [2.45, 2.75) is 5.75 Å². The molecule has 0 radical (unpaired) electrons. The molecular formula is C15H15N3O2S. The topological polar surface area (TPSA) is 82.9 Å². The lowest BCUT2D eigenvalue weighted by molar-refractivity contribution is 0.595. The molecule has 0 spiro atoms. The maximum Gasteiger partial charge on any atom is 0.156 e. The smallest absolute Gasteiger partial charge is 0.156 e. The maximum absolute atomic E-state index is 12.0. The highest BCUT2D eigenvalue weighted by atomic mass is 32.2. The summed E-state index contributed by atoms with van der Waals surface area (Å²) in [6.45, 7) is 0.286. The minimum atomic E-state index is -3.16. The Bertz CT molecular complexity index is 720. The van der Waals surface area contributed by atoms with Crippen LogP contribution in [0.5, 0.6) is 0 Å². The molecule has 1 aromatic heterocycles. The van der Waals surface area contributed by atoms with Gasteiger partial charge in [0, 0.05) is 12.7 Å². The van der Waals surface area contributed by atoms with Crippen LogP contribution in [0.4, 0.5) is 5.82 Å². The van der Waals surface area contributed by atoms with Gasteiger partial charge >= 0.3 is 0 Å². The van der Waals surface area contributed by atoms with Gasteiger partial charge in [0.2, 0.25) is 0 Å². The summed E-state index contributed by atoms with van der Waals surface area (Å²) >= 11 is 0. The highest BCUT2D eigenvalue weighted by Crippen LogP contribution is 2.07. The number of sulfone groups is 1. The Balaban J connectivity index is 1.86. The number of hydrogen-bond donors (Lipinski definition) is 1. The predicted octanol–water partition coefficient (Wildman–Crippen LogP) is 1.98. The van der Waals surface area contributed by atoms with Crippen LogP contribution in [-0.4, -0.2) is 25.7 Å². The van der Waals surface area contributed by atoms with E-state index in [0.717, 1.165) is 5.56 Å². The molecule has 1 N–H and O–H groups in total. The van der Waals surface area contributed by atoms with Crippen LogP contribution in [0, 0.1) is 11.3 Å². The minimum absolute atomic E-state index is 0.0313. The average molecular weight is 301 g/mol. The van der Waals surface area contributed by atoms with E-state index in [1.807, 2.05) is 24.3 Å². The van der Waals surface area contributed by atoms with Crippen molar-refractivity contribution in [1.82, 2.24) is 4.98 Å². The number of anilines is 1. The third-order valence-corrected chi connectivity index (χ3v) is 4.44. The molecule has 0 fully saturated rings. The van der Waals surface area contributed by atoms with E-state index in [9.17, 15) is 8.42 Å². The Labute approximate surface area is 124 Å². The summed E-state index contributed by atoms with van der Waals surface area (Å²) in [6.07, 6.45) is 1.45.